The van der Waals surface area contributed by atoms with E-state index in [1.807, 2.05) is 0 Å². The van der Waals surface area contributed by atoms with Crippen molar-refractivity contribution in [2.45, 2.75) is 38.5 Å². The number of halogens is 1. The lowest BCUT2D eigenvalue weighted by molar-refractivity contribution is -0.0640. The zero-order valence-corrected chi connectivity index (χ0v) is 11.5. The summed E-state index contributed by atoms with van der Waals surface area (Å²) in [5, 5.41) is 0.924. The minimum absolute atomic E-state index is 0.339. The fourth-order valence-corrected chi connectivity index (χ4v) is 2.39. The first-order chi connectivity index (χ1) is 7.19. The van der Waals surface area contributed by atoms with Crippen LogP contribution >= 0.6 is 15.9 Å². The summed E-state index contributed by atoms with van der Waals surface area (Å²) >= 11 is 3.48. The standard InChI is InChI=1S/C11H22BrNO2/c1-9(4-5-14-3)13-7-11(6-12)15-8-10(13)2/h9-11H,4-8H2,1-3H3. The van der Waals surface area contributed by atoms with E-state index in [4.69, 9.17) is 9.47 Å². The molecule has 1 fully saturated rings. The Morgan fingerprint density at radius 2 is 2.33 bits per heavy atom. The first-order valence-electron chi connectivity index (χ1n) is 5.61. The summed E-state index contributed by atoms with van der Waals surface area (Å²) in [7, 11) is 1.76. The van der Waals surface area contributed by atoms with Gasteiger partial charge in [0.1, 0.15) is 0 Å². The van der Waals surface area contributed by atoms with Gasteiger partial charge < -0.3 is 9.47 Å². The predicted octanol–water partition coefficient (Wildman–Crippen LogP) is 1.90. The topological polar surface area (TPSA) is 21.7 Å². The molecule has 0 amide bonds. The van der Waals surface area contributed by atoms with Crippen LogP contribution in [-0.4, -0.2) is 55.3 Å². The number of hydrogen-bond acceptors (Lipinski definition) is 3. The summed E-state index contributed by atoms with van der Waals surface area (Å²) in [6.45, 7) is 7.20. The molecule has 0 aromatic heterocycles. The molecule has 90 valence electrons. The summed E-state index contributed by atoms with van der Waals surface area (Å²) in [6.07, 6.45) is 1.43. The Labute approximate surface area is 101 Å². The molecule has 0 radical (unpaired) electrons. The van der Waals surface area contributed by atoms with Crippen molar-refractivity contribution in [2.24, 2.45) is 0 Å². The highest BCUT2D eigenvalue weighted by Gasteiger charge is 2.28. The summed E-state index contributed by atoms with van der Waals surface area (Å²) in [6, 6.07) is 1.09. The van der Waals surface area contributed by atoms with Gasteiger partial charge in [-0.25, -0.2) is 0 Å². The van der Waals surface area contributed by atoms with Gasteiger partial charge in [-0.1, -0.05) is 15.9 Å². The summed E-state index contributed by atoms with van der Waals surface area (Å²) in [4.78, 5) is 2.52. The van der Waals surface area contributed by atoms with Crippen LogP contribution in [0, 0.1) is 0 Å². The van der Waals surface area contributed by atoms with Gasteiger partial charge in [-0.3, -0.25) is 4.90 Å². The second-order valence-electron chi connectivity index (χ2n) is 4.29. The fourth-order valence-electron chi connectivity index (χ4n) is 2.00. The smallest absolute Gasteiger partial charge is 0.0799 e. The molecule has 1 heterocycles. The van der Waals surface area contributed by atoms with Crippen molar-refractivity contribution in [3.05, 3.63) is 0 Å². The van der Waals surface area contributed by atoms with E-state index in [1.165, 1.54) is 0 Å². The lowest BCUT2D eigenvalue weighted by atomic mass is 10.1. The first kappa shape index (κ1) is 13.4. The Kier molecular flexibility index (Phi) is 6.12. The minimum atomic E-state index is 0.339. The van der Waals surface area contributed by atoms with Gasteiger partial charge in [0.15, 0.2) is 0 Å². The van der Waals surface area contributed by atoms with Gasteiger partial charge in [0.05, 0.1) is 12.7 Å². The highest BCUT2D eigenvalue weighted by molar-refractivity contribution is 9.09. The van der Waals surface area contributed by atoms with Gasteiger partial charge in [0.25, 0.3) is 0 Å². The van der Waals surface area contributed by atoms with Crippen LogP contribution < -0.4 is 0 Å². The maximum absolute atomic E-state index is 5.70. The summed E-state index contributed by atoms with van der Waals surface area (Å²) in [5.41, 5.74) is 0. The van der Waals surface area contributed by atoms with Crippen molar-refractivity contribution < 1.29 is 9.47 Å². The van der Waals surface area contributed by atoms with E-state index in [1.54, 1.807) is 7.11 Å². The number of methoxy groups -OCH3 is 1. The lowest BCUT2D eigenvalue weighted by Crippen LogP contribution is -2.52. The third-order valence-corrected chi connectivity index (χ3v) is 3.75. The number of nitrogens with zero attached hydrogens (tertiary/aromatic N) is 1. The first-order valence-corrected chi connectivity index (χ1v) is 6.73. The van der Waals surface area contributed by atoms with E-state index >= 15 is 0 Å². The van der Waals surface area contributed by atoms with E-state index in [2.05, 4.69) is 34.7 Å². The molecule has 4 heteroatoms. The molecule has 0 N–H and O–H groups in total. The molecule has 1 rings (SSSR count). The Morgan fingerprint density at radius 1 is 1.60 bits per heavy atom. The number of hydrogen-bond donors (Lipinski definition) is 0. The van der Waals surface area contributed by atoms with Crippen LogP contribution in [0.15, 0.2) is 0 Å². The number of alkyl halides is 1. The molecule has 1 aliphatic rings. The molecule has 3 nitrogen and oxygen atoms in total. The fraction of sp³-hybridized carbons (Fsp3) is 1.00. The Hall–Kier alpha value is 0.360. The monoisotopic (exact) mass is 279 g/mol. The largest absolute Gasteiger partial charge is 0.385 e. The minimum Gasteiger partial charge on any atom is -0.385 e. The maximum Gasteiger partial charge on any atom is 0.0799 e. The second kappa shape index (κ2) is 6.84. The highest BCUT2D eigenvalue weighted by Crippen LogP contribution is 2.17. The zero-order chi connectivity index (χ0) is 11.3. The summed E-state index contributed by atoms with van der Waals surface area (Å²) in [5.74, 6) is 0. The molecule has 1 saturated heterocycles. The van der Waals surface area contributed by atoms with Crippen molar-refractivity contribution >= 4 is 15.9 Å². The number of rotatable bonds is 5. The molecule has 0 aliphatic carbocycles. The van der Waals surface area contributed by atoms with Crippen molar-refractivity contribution in [2.75, 3.05) is 32.2 Å². The van der Waals surface area contributed by atoms with Crippen LogP contribution in [0.4, 0.5) is 0 Å². The SMILES string of the molecule is COCCC(C)N1CC(CBr)OCC1C. The van der Waals surface area contributed by atoms with E-state index < -0.39 is 0 Å². The molecule has 0 bridgehead atoms. The number of ether oxygens (including phenoxy) is 2. The average molecular weight is 280 g/mol. The quantitative estimate of drug-likeness (QED) is 0.718. The molecule has 0 spiro atoms. The molecular weight excluding hydrogens is 258 g/mol. The molecule has 0 aromatic carbocycles. The molecule has 3 unspecified atom stereocenters. The van der Waals surface area contributed by atoms with Gasteiger partial charge in [-0.2, -0.15) is 0 Å². The predicted molar refractivity (Wildman–Crippen MR) is 65.7 cm³/mol. The van der Waals surface area contributed by atoms with E-state index in [0.717, 1.165) is 31.5 Å². The molecule has 0 saturated carbocycles. The van der Waals surface area contributed by atoms with E-state index in [9.17, 15) is 0 Å². The van der Waals surface area contributed by atoms with Crippen LogP contribution in [-0.2, 0) is 9.47 Å². The second-order valence-corrected chi connectivity index (χ2v) is 4.93. The number of morpholine rings is 1. The zero-order valence-electron chi connectivity index (χ0n) is 9.91. The van der Waals surface area contributed by atoms with E-state index in [0.29, 0.717) is 18.2 Å². The lowest BCUT2D eigenvalue weighted by Gasteiger charge is -2.41. The molecule has 3 atom stereocenters. The van der Waals surface area contributed by atoms with Gasteiger partial charge in [0, 0.05) is 37.7 Å². The Bertz CT molecular complexity index is 180. The van der Waals surface area contributed by atoms with Crippen LogP contribution in [0.2, 0.25) is 0 Å². The van der Waals surface area contributed by atoms with Crippen molar-refractivity contribution in [1.82, 2.24) is 4.90 Å². The molecule has 1 aliphatic heterocycles. The summed E-state index contributed by atoms with van der Waals surface area (Å²) < 4.78 is 10.8. The highest BCUT2D eigenvalue weighted by atomic mass is 79.9. The van der Waals surface area contributed by atoms with Crippen LogP contribution in [0.1, 0.15) is 20.3 Å². The van der Waals surface area contributed by atoms with Crippen molar-refractivity contribution in [1.29, 1.82) is 0 Å². The molecule has 0 aromatic rings. The van der Waals surface area contributed by atoms with Crippen molar-refractivity contribution in [3.8, 4) is 0 Å². The van der Waals surface area contributed by atoms with Crippen molar-refractivity contribution in [3.63, 3.8) is 0 Å². The van der Waals surface area contributed by atoms with Gasteiger partial charge in [-0.15, -0.1) is 0 Å². The van der Waals surface area contributed by atoms with E-state index in [-0.39, 0.29) is 0 Å². The third-order valence-electron chi connectivity index (χ3n) is 3.03. The van der Waals surface area contributed by atoms with Gasteiger partial charge >= 0.3 is 0 Å². The van der Waals surface area contributed by atoms with Crippen LogP contribution in [0.25, 0.3) is 0 Å². The normalized spacial score (nSPS) is 30.4. The Balaban J connectivity index is 2.42. The molecular formula is C11H22BrNO2. The molecule has 15 heavy (non-hydrogen) atoms. The van der Waals surface area contributed by atoms with Crippen LogP contribution in [0.3, 0.4) is 0 Å². The maximum atomic E-state index is 5.70. The van der Waals surface area contributed by atoms with Crippen LogP contribution in [0.5, 0.6) is 0 Å². The van der Waals surface area contributed by atoms with Gasteiger partial charge in [0.2, 0.25) is 0 Å². The third kappa shape index (κ3) is 4.02. The Morgan fingerprint density at radius 3 is 2.93 bits per heavy atom. The average Bonchev–Trinajstić information content (AvgIpc) is 2.26. The van der Waals surface area contributed by atoms with Gasteiger partial charge in [-0.05, 0) is 20.3 Å².